The fraction of sp³-hybridized carbons (Fsp3) is 0.767. The van der Waals surface area contributed by atoms with Crippen molar-refractivity contribution >= 4 is 5.69 Å². The predicted molar refractivity (Wildman–Crippen MR) is 184 cm³/mol. The van der Waals surface area contributed by atoms with Gasteiger partial charge in [0.2, 0.25) is 0 Å². The van der Waals surface area contributed by atoms with Crippen LogP contribution in [0.2, 0.25) is 0 Å². The maximum atomic E-state index is 4.41. The molecule has 9 N–H and O–H groups in total. The molecular formula is C30H56Cu2N13O2+. The number of nitrogens with zero attached hydrogens (tertiary/aromatic N) is 11. The van der Waals surface area contributed by atoms with Gasteiger partial charge in [-0.2, -0.15) is 30.7 Å². The van der Waals surface area contributed by atoms with E-state index in [4.69, 9.17) is 0 Å². The molecule has 0 bridgehead atoms. The standard InChI is InChI=1S/C10H19N4.C10H18N4.C10H11N4.2Cu.H2N.2H2O/c3*1-3-9(7-11-5-1)13-14-10-4-2-6-12-8-10;;;;;/h9-11H,1-8H2;9-10H,1-8H2;1-5,7,10H,6,8H2;;;3*1H2/q-1;-2;-1;2*+2;-1;;/p+2. The molecule has 6 rings (SSSR count). The zero-order valence-electron chi connectivity index (χ0n) is 27.3. The van der Waals surface area contributed by atoms with Crippen molar-refractivity contribution in [3.8, 4) is 0 Å². The Balaban J connectivity index is 0. The van der Waals surface area contributed by atoms with E-state index in [9.17, 15) is 0 Å². The molecule has 47 heavy (non-hydrogen) atoms. The second-order valence-corrected chi connectivity index (χ2v) is 11.3. The first-order valence-corrected chi connectivity index (χ1v) is 15.9. The molecule has 5 aliphatic rings. The van der Waals surface area contributed by atoms with Gasteiger partial charge in [-0.1, -0.05) is 25.3 Å². The quantitative estimate of drug-likeness (QED) is 0.169. The van der Waals surface area contributed by atoms with Gasteiger partial charge in [0.25, 0.3) is 0 Å². The van der Waals surface area contributed by atoms with Gasteiger partial charge in [0.05, 0.1) is 36.4 Å². The van der Waals surface area contributed by atoms with Crippen molar-refractivity contribution in [3.63, 3.8) is 0 Å². The molecule has 17 heteroatoms. The summed E-state index contributed by atoms with van der Waals surface area (Å²) in [5.74, 6) is 0. The van der Waals surface area contributed by atoms with E-state index in [1.54, 1.807) is 12.4 Å². The van der Waals surface area contributed by atoms with E-state index in [1.807, 2.05) is 24.3 Å². The second kappa shape index (κ2) is 30.5. The molecule has 0 aliphatic carbocycles. The van der Waals surface area contributed by atoms with Crippen LogP contribution in [-0.4, -0.2) is 101 Å². The van der Waals surface area contributed by atoms with Crippen molar-refractivity contribution in [1.29, 1.82) is 0 Å². The van der Waals surface area contributed by atoms with Gasteiger partial charge in [-0.05, 0) is 50.8 Å². The summed E-state index contributed by atoms with van der Waals surface area (Å²) in [6.07, 6.45) is 16.9. The number of azo groups is 3. The third-order valence-corrected chi connectivity index (χ3v) is 7.51. The average molecular weight is 758 g/mol. The van der Waals surface area contributed by atoms with E-state index in [-0.39, 0.29) is 57.3 Å². The van der Waals surface area contributed by atoms with E-state index in [1.165, 1.54) is 38.5 Å². The van der Waals surface area contributed by atoms with Crippen LogP contribution in [0.3, 0.4) is 0 Å². The van der Waals surface area contributed by atoms with Crippen LogP contribution in [-0.2, 0) is 45.1 Å². The van der Waals surface area contributed by atoms with Crippen molar-refractivity contribution in [1.82, 2.24) is 10.3 Å². The molecular weight excluding hydrogens is 702 g/mol. The monoisotopic (exact) mass is 756 g/mol. The van der Waals surface area contributed by atoms with Crippen LogP contribution in [0, 0.1) is 0 Å². The van der Waals surface area contributed by atoms with Gasteiger partial charge in [-0.25, -0.2) is 0 Å². The van der Waals surface area contributed by atoms with Crippen molar-refractivity contribution in [2.75, 3.05) is 65.4 Å². The summed E-state index contributed by atoms with van der Waals surface area (Å²) in [4.78, 5) is 3.95. The Morgan fingerprint density at radius 2 is 1.23 bits per heavy atom. The summed E-state index contributed by atoms with van der Waals surface area (Å²) >= 11 is 0. The molecule has 4 fully saturated rings. The SMILES string of the molecule is C1=CC(N=Nc2cccnc2)C[N-]C1.C1C[N-]CC(N=NC2CCCNC2)C1.C1C[N-]CC(N=NC2CCC[N-]C2)C1.[Cu+2].[Cu+2].[NH2-].[OH3+].[OH3+]. The number of nitrogens with two attached hydrogens (primary N) is 1. The summed E-state index contributed by atoms with van der Waals surface area (Å²) in [7, 11) is 0. The topological polar surface area (TPSA) is 255 Å². The minimum Gasteiger partial charge on any atom is -0.693 e. The summed E-state index contributed by atoms with van der Waals surface area (Å²) in [5, 5.41) is 46.4. The van der Waals surface area contributed by atoms with E-state index in [2.05, 4.69) is 62.3 Å². The Morgan fingerprint density at radius 3 is 1.66 bits per heavy atom. The molecule has 15 nitrogen and oxygen atoms in total. The minimum atomic E-state index is 0. The molecule has 0 amide bonds. The first-order chi connectivity index (χ1) is 20.8. The molecule has 6 heterocycles. The molecule has 5 atom stereocenters. The van der Waals surface area contributed by atoms with Gasteiger partial charge in [-0.15, -0.1) is 58.4 Å². The van der Waals surface area contributed by atoms with Crippen molar-refractivity contribution in [2.45, 2.75) is 81.6 Å². The van der Waals surface area contributed by atoms with Crippen LogP contribution < -0.4 is 5.32 Å². The number of hydrogen-bond donors (Lipinski definition) is 1. The fourth-order valence-electron chi connectivity index (χ4n) is 5.09. The zero-order chi connectivity index (χ0) is 28.9. The third-order valence-electron chi connectivity index (χ3n) is 7.51. The number of nitrogens with one attached hydrogen (secondary N) is 1. The summed E-state index contributed by atoms with van der Waals surface area (Å²) in [6.45, 7) is 9.41. The van der Waals surface area contributed by atoms with E-state index in [0.717, 1.165) is 84.0 Å². The maximum Gasteiger partial charge on any atom is 2.00 e. The summed E-state index contributed by atoms with van der Waals surface area (Å²) < 4.78 is 0. The van der Waals surface area contributed by atoms with E-state index in [0.29, 0.717) is 24.2 Å². The number of aromatic nitrogens is 1. The normalized spacial score (nSPS) is 27.2. The predicted octanol–water partition coefficient (Wildman–Crippen LogP) is 5.58. The second-order valence-electron chi connectivity index (χ2n) is 11.3. The van der Waals surface area contributed by atoms with Crippen LogP contribution in [0.1, 0.15) is 51.4 Å². The van der Waals surface area contributed by atoms with Crippen molar-refractivity contribution in [2.24, 2.45) is 30.7 Å². The largest absolute Gasteiger partial charge is 2.00 e. The molecule has 0 aromatic carbocycles. The first-order valence-electron chi connectivity index (χ1n) is 15.9. The molecule has 5 unspecified atom stereocenters. The van der Waals surface area contributed by atoms with Crippen molar-refractivity contribution in [3.05, 3.63) is 64.1 Å². The third kappa shape index (κ3) is 21.2. The zero-order valence-corrected chi connectivity index (χ0v) is 29.2. The molecule has 0 saturated carbocycles. The Kier molecular flexibility index (Phi) is 30.8. The minimum absolute atomic E-state index is 0. The van der Waals surface area contributed by atoms with Gasteiger partial charge < -0.3 is 43.7 Å². The summed E-state index contributed by atoms with van der Waals surface area (Å²) in [5.41, 5.74) is 0.784. The molecule has 0 spiro atoms. The number of piperidine rings is 4. The molecule has 2 radical (unpaired) electrons. The number of rotatable bonds is 6. The fourth-order valence-corrected chi connectivity index (χ4v) is 5.09. The molecule has 4 saturated heterocycles. The molecule has 1 aromatic heterocycles. The number of hydrogen-bond acceptors (Lipinski definition) is 8. The van der Waals surface area contributed by atoms with Gasteiger partial charge >= 0.3 is 34.1 Å². The molecule has 274 valence electrons. The Morgan fingerprint density at radius 1 is 0.681 bits per heavy atom. The van der Waals surface area contributed by atoms with Gasteiger partial charge in [0, 0.05) is 12.7 Å². The number of pyridine rings is 1. The van der Waals surface area contributed by atoms with Crippen LogP contribution >= 0.6 is 0 Å². The van der Waals surface area contributed by atoms with Crippen molar-refractivity contribution < 1.29 is 45.1 Å². The van der Waals surface area contributed by atoms with Crippen LogP contribution in [0.5, 0.6) is 0 Å². The Hall–Kier alpha value is -1.59. The van der Waals surface area contributed by atoms with E-state index < -0.39 is 0 Å². The van der Waals surface area contributed by atoms with Crippen LogP contribution in [0.25, 0.3) is 27.4 Å². The first kappa shape index (κ1) is 47.5. The van der Waals surface area contributed by atoms with Gasteiger partial charge in [0.1, 0.15) is 5.69 Å². The smallest absolute Gasteiger partial charge is 0.693 e. The Labute approximate surface area is 301 Å². The molecule has 1 aromatic rings. The average Bonchev–Trinajstić information content (AvgIpc) is 3.09. The van der Waals surface area contributed by atoms with Gasteiger partial charge in [0.15, 0.2) is 0 Å². The maximum absolute atomic E-state index is 4.41. The van der Waals surface area contributed by atoms with Gasteiger partial charge in [-0.3, -0.25) is 4.98 Å². The van der Waals surface area contributed by atoms with E-state index >= 15 is 0 Å². The van der Waals surface area contributed by atoms with Crippen LogP contribution in [0.15, 0.2) is 67.4 Å². The molecule has 5 aliphatic heterocycles. The van der Waals surface area contributed by atoms with Crippen LogP contribution in [0.4, 0.5) is 5.69 Å². The Bertz CT molecular complexity index is 872. The summed E-state index contributed by atoms with van der Waals surface area (Å²) in [6, 6.07) is 5.35.